The molecule has 2 fully saturated rings. The van der Waals surface area contributed by atoms with Gasteiger partial charge in [-0.15, -0.1) is 0 Å². The number of phenolic OH excluding ortho intramolecular Hbond substituents is 1. The van der Waals surface area contributed by atoms with Gasteiger partial charge in [0.25, 0.3) is 0 Å². The molecule has 0 unspecified atom stereocenters. The zero-order chi connectivity index (χ0) is 20.9. The van der Waals surface area contributed by atoms with Crippen LogP contribution in [0.25, 0.3) is 22.5 Å². The van der Waals surface area contributed by atoms with Crippen LogP contribution in [0.1, 0.15) is 31.9 Å². The summed E-state index contributed by atoms with van der Waals surface area (Å²) in [7, 11) is 0. The molecule has 0 aliphatic carbocycles. The molecule has 2 aliphatic rings. The van der Waals surface area contributed by atoms with Crippen LogP contribution in [-0.2, 0) is 0 Å². The average molecular weight is 405 g/mol. The molecule has 7 heteroatoms. The molecule has 2 bridgehead atoms. The molecule has 0 spiro atoms. The van der Waals surface area contributed by atoms with Crippen molar-refractivity contribution >= 4 is 5.57 Å². The molecular formula is C23H24FN5O. The van der Waals surface area contributed by atoms with Crippen LogP contribution in [0.5, 0.6) is 5.75 Å². The van der Waals surface area contributed by atoms with Crippen molar-refractivity contribution in [2.45, 2.75) is 43.9 Å². The van der Waals surface area contributed by atoms with Gasteiger partial charge in [0.2, 0.25) is 0 Å². The maximum absolute atomic E-state index is 15.2. The van der Waals surface area contributed by atoms with Gasteiger partial charge >= 0.3 is 0 Å². The van der Waals surface area contributed by atoms with E-state index < -0.39 is 11.7 Å². The zero-order valence-corrected chi connectivity index (χ0v) is 16.8. The predicted molar refractivity (Wildman–Crippen MR) is 113 cm³/mol. The number of nitrogens with zero attached hydrogens (tertiary/aromatic N) is 4. The van der Waals surface area contributed by atoms with Crippen LogP contribution in [0.3, 0.4) is 0 Å². The fourth-order valence-corrected chi connectivity index (χ4v) is 4.80. The summed E-state index contributed by atoms with van der Waals surface area (Å²) >= 11 is 0. The molecule has 6 nitrogen and oxygen atoms in total. The molecule has 0 amide bonds. The van der Waals surface area contributed by atoms with Crippen LogP contribution in [0.4, 0.5) is 4.39 Å². The molecule has 30 heavy (non-hydrogen) atoms. The summed E-state index contributed by atoms with van der Waals surface area (Å²) in [6, 6.07) is 5.67. The van der Waals surface area contributed by atoms with Gasteiger partial charge in [-0.05, 0) is 43.9 Å². The number of piperidine rings is 1. The van der Waals surface area contributed by atoms with Crippen molar-refractivity contribution < 1.29 is 9.50 Å². The predicted octanol–water partition coefficient (Wildman–Crippen LogP) is 3.92. The van der Waals surface area contributed by atoms with E-state index in [-0.39, 0.29) is 11.7 Å². The molecule has 5 rings (SSSR count). The molecule has 2 saturated heterocycles. The van der Waals surface area contributed by atoms with E-state index in [1.807, 2.05) is 17.6 Å². The Morgan fingerprint density at radius 1 is 1.33 bits per heavy atom. The van der Waals surface area contributed by atoms with Crippen molar-refractivity contribution in [1.82, 2.24) is 24.8 Å². The van der Waals surface area contributed by atoms with Gasteiger partial charge in [0.15, 0.2) is 0 Å². The second kappa shape index (κ2) is 7.02. The van der Waals surface area contributed by atoms with Gasteiger partial charge in [0.05, 0.1) is 35.8 Å². The number of fused-ring (bicyclic) bond motifs is 2. The summed E-state index contributed by atoms with van der Waals surface area (Å²) < 4.78 is 17.0. The van der Waals surface area contributed by atoms with E-state index in [9.17, 15) is 5.11 Å². The number of allylic oxidation sites excluding steroid dienone is 1. The number of aromatic hydroxyl groups is 1. The Hall–Kier alpha value is -3.06. The number of imidazole rings is 1. The summed E-state index contributed by atoms with van der Waals surface area (Å²) in [5, 5.41) is 13.9. The second-order valence-electron chi connectivity index (χ2n) is 8.52. The normalized spacial score (nSPS) is 27.9. The number of halogens is 1. The number of aromatic nitrogens is 4. The number of benzene rings is 1. The summed E-state index contributed by atoms with van der Waals surface area (Å²) in [6.45, 7) is 6.12. The third kappa shape index (κ3) is 3.10. The smallest absolute Gasteiger partial charge is 0.127 e. The Balaban J connectivity index is 1.38. The summed E-state index contributed by atoms with van der Waals surface area (Å²) in [6.07, 6.45) is 9.97. The van der Waals surface area contributed by atoms with Crippen LogP contribution < -0.4 is 5.32 Å². The lowest BCUT2D eigenvalue weighted by molar-refractivity contribution is 0.103. The molecule has 2 aliphatic heterocycles. The van der Waals surface area contributed by atoms with Gasteiger partial charge in [-0.1, -0.05) is 6.58 Å². The van der Waals surface area contributed by atoms with Gasteiger partial charge in [-0.3, -0.25) is 9.97 Å². The van der Waals surface area contributed by atoms with Crippen LogP contribution in [0.2, 0.25) is 0 Å². The Morgan fingerprint density at radius 2 is 2.20 bits per heavy atom. The van der Waals surface area contributed by atoms with Gasteiger partial charge in [-0.25, -0.2) is 9.37 Å². The topological polar surface area (TPSA) is 75.9 Å². The van der Waals surface area contributed by atoms with Crippen LogP contribution in [-0.4, -0.2) is 42.4 Å². The summed E-state index contributed by atoms with van der Waals surface area (Å²) in [5.41, 5.74) is 2.75. The molecule has 154 valence electrons. The van der Waals surface area contributed by atoms with E-state index >= 15 is 4.39 Å². The molecule has 0 radical (unpaired) electrons. The van der Waals surface area contributed by atoms with Crippen molar-refractivity contribution in [3.05, 3.63) is 61.6 Å². The van der Waals surface area contributed by atoms with Crippen LogP contribution in [0, 0.1) is 5.92 Å². The maximum atomic E-state index is 15.2. The zero-order valence-electron chi connectivity index (χ0n) is 16.8. The van der Waals surface area contributed by atoms with Crippen LogP contribution in [0.15, 0.2) is 55.9 Å². The number of hydrogen-bond donors (Lipinski definition) is 2. The van der Waals surface area contributed by atoms with Crippen molar-refractivity contribution in [3.63, 3.8) is 0 Å². The standard InChI is InChI=1S/C23H24FN5O/c1-14(18-9-15-5-6-23(2,28-15)22(18)24)19-11-27-20(12-26-19)17-4-3-16(10-21(17)30)29-8-7-25-13-29/h3-4,7-8,10-13,15,18,22,28,30H,1,5-6,9H2,2H3/t15-,18+,22-,23+/m1/s1. The van der Waals surface area contributed by atoms with Gasteiger partial charge in [-0.2, -0.15) is 0 Å². The van der Waals surface area contributed by atoms with E-state index in [0.29, 0.717) is 28.6 Å². The quantitative estimate of drug-likeness (QED) is 0.688. The number of hydrogen-bond acceptors (Lipinski definition) is 5. The minimum atomic E-state index is -0.995. The summed E-state index contributed by atoms with van der Waals surface area (Å²) in [4.78, 5) is 13.0. The lowest BCUT2D eigenvalue weighted by Crippen LogP contribution is -2.56. The third-order valence-electron chi connectivity index (χ3n) is 6.53. The lowest BCUT2D eigenvalue weighted by atomic mass is 9.78. The summed E-state index contributed by atoms with van der Waals surface area (Å²) in [5.74, 6) is -0.152. The Labute approximate surface area is 174 Å². The highest BCUT2D eigenvalue weighted by Gasteiger charge is 2.51. The van der Waals surface area contributed by atoms with E-state index in [4.69, 9.17) is 0 Å². The highest BCUT2D eigenvalue weighted by atomic mass is 19.1. The van der Waals surface area contributed by atoms with Gasteiger partial charge in [0, 0.05) is 41.5 Å². The van der Waals surface area contributed by atoms with Crippen LogP contribution >= 0.6 is 0 Å². The fraction of sp³-hybridized carbons (Fsp3) is 0.348. The largest absolute Gasteiger partial charge is 0.507 e. The second-order valence-corrected chi connectivity index (χ2v) is 8.52. The number of phenols is 1. The first-order valence-corrected chi connectivity index (χ1v) is 10.2. The number of nitrogens with one attached hydrogen (secondary N) is 1. The molecule has 3 aromatic rings. The number of rotatable bonds is 4. The fourth-order valence-electron chi connectivity index (χ4n) is 4.80. The first-order chi connectivity index (χ1) is 14.4. The van der Waals surface area contributed by atoms with Crippen molar-refractivity contribution in [2.75, 3.05) is 0 Å². The Bertz CT molecular complexity index is 1080. The maximum Gasteiger partial charge on any atom is 0.127 e. The minimum Gasteiger partial charge on any atom is -0.507 e. The van der Waals surface area contributed by atoms with E-state index in [2.05, 4.69) is 26.8 Å². The molecule has 2 N–H and O–H groups in total. The van der Waals surface area contributed by atoms with Crippen molar-refractivity contribution in [2.24, 2.45) is 5.92 Å². The first-order valence-electron chi connectivity index (χ1n) is 10.2. The SMILES string of the molecule is C=C(c1cnc(-c2ccc(-n3ccnc3)cc2O)cn1)[C@@H]1C[C@H]2CC[C@](C)(N2)[C@@H]1F. The number of alkyl halides is 1. The molecule has 2 aromatic heterocycles. The van der Waals surface area contributed by atoms with Gasteiger partial charge < -0.3 is 15.0 Å². The lowest BCUT2D eigenvalue weighted by Gasteiger charge is -2.40. The highest BCUT2D eigenvalue weighted by molar-refractivity contribution is 5.69. The molecular weight excluding hydrogens is 381 g/mol. The van der Waals surface area contributed by atoms with E-state index in [1.54, 1.807) is 43.2 Å². The molecule has 0 saturated carbocycles. The highest BCUT2D eigenvalue weighted by Crippen LogP contribution is 2.45. The molecule has 4 atom stereocenters. The van der Waals surface area contributed by atoms with E-state index in [1.165, 1.54) is 0 Å². The average Bonchev–Trinajstić information content (AvgIpc) is 3.40. The minimum absolute atomic E-state index is 0.105. The first kappa shape index (κ1) is 18.9. The molecule has 4 heterocycles. The monoisotopic (exact) mass is 405 g/mol. The van der Waals surface area contributed by atoms with Crippen molar-refractivity contribution in [1.29, 1.82) is 0 Å². The van der Waals surface area contributed by atoms with Gasteiger partial charge in [0.1, 0.15) is 11.9 Å². The Kier molecular flexibility index (Phi) is 4.43. The van der Waals surface area contributed by atoms with E-state index in [0.717, 1.165) is 24.9 Å². The third-order valence-corrected chi connectivity index (χ3v) is 6.53. The molecule has 1 aromatic carbocycles. The van der Waals surface area contributed by atoms with Crippen molar-refractivity contribution in [3.8, 4) is 22.7 Å². The Morgan fingerprint density at radius 3 is 2.90 bits per heavy atom.